The Morgan fingerprint density at radius 2 is 2.29 bits per heavy atom. The maximum atomic E-state index is 13.5. The van der Waals surface area contributed by atoms with Crippen LogP contribution >= 0.6 is 0 Å². The van der Waals surface area contributed by atoms with Gasteiger partial charge < -0.3 is 9.84 Å². The molecule has 0 aromatic heterocycles. The molecule has 1 heterocycles. The zero-order chi connectivity index (χ0) is 15.2. The second-order valence-electron chi connectivity index (χ2n) is 5.42. The van der Waals surface area contributed by atoms with Gasteiger partial charge in [-0.25, -0.2) is 4.39 Å². The lowest BCUT2D eigenvalue weighted by molar-refractivity contribution is -0.145. The first-order valence-corrected chi connectivity index (χ1v) is 7.43. The first kappa shape index (κ1) is 15.9. The van der Waals surface area contributed by atoms with E-state index in [0.717, 1.165) is 19.4 Å². The number of piperidine rings is 1. The summed E-state index contributed by atoms with van der Waals surface area (Å²) >= 11 is 0. The van der Waals surface area contributed by atoms with Gasteiger partial charge in [-0.3, -0.25) is 9.69 Å². The number of hydrogen-bond donors (Lipinski definition) is 1. The van der Waals surface area contributed by atoms with Crippen LogP contribution in [-0.4, -0.2) is 41.2 Å². The molecule has 4 nitrogen and oxygen atoms in total. The summed E-state index contributed by atoms with van der Waals surface area (Å²) in [7, 11) is 0. The lowest BCUT2D eigenvalue weighted by Crippen LogP contribution is -2.48. The molecule has 1 fully saturated rings. The Bertz CT molecular complexity index is 480. The van der Waals surface area contributed by atoms with E-state index in [1.807, 2.05) is 11.8 Å². The maximum Gasteiger partial charge on any atom is 0.320 e. The topological polar surface area (TPSA) is 49.8 Å². The number of carboxylic acid groups (broad SMARTS) is 1. The van der Waals surface area contributed by atoms with E-state index in [1.54, 1.807) is 18.2 Å². The van der Waals surface area contributed by atoms with Crippen LogP contribution in [0.2, 0.25) is 0 Å². The van der Waals surface area contributed by atoms with Gasteiger partial charge in [0.25, 0.3) is 0 Å². The van der Waals surface area contributed by atoms with Crippen molar-refractivity contribution in [1.82, 2.24) is 4.90 Å². The van der Waals surface area contributed by atoms with Crippen LogP contribution in [0.3, 0.4) is 0 Å². The minimum atomic E-state index is -0.785. The van der Waals surface area contributed by atoms with Crippen molar-refractivity contribution in [3.05, 3.63) is 35.6 Å². The van der Waals surface area contributed by atoms with Crippen LogP contribution in [0.25, 0.3) is 0 Å². The van der Waals surface area contributed by atoms with Gasteiger partial charge >= 0.3 is 5.97 Å². The van der Waals surface area contributed by atoms with Crippen LogP contribution < -0.4 is 0 Å². The highest BCUT2D eigenvalue weighted by atomic mass is 19.1. The standard InChI is InChI=1S/C16H22FNO3/c1-2-15(16(19)20)18-9-5-7-13(10-18)21-11-12-6-3-4-8-14(12)17/h3-4,6,8,13,15H,2,5,7,9-11H2,1H3,(H,19,20)/t13-,15?/m0/s1. The fraction of sp³-hybridized carbons (Fsp3) is 0.562. The van der Waals surface area contributed by atoms with Gasteiger partial charge in [0.2, 0.25) is 0 Å². The number of rotatable bonds is 6. The molecule has 0 bridgehead atoms. The molecule has 0 spiro atoms. The molecule has 5 heteroatoms. The summed E-state index contributed by atoms with van der Waals surface area (Å²) in [6, 6.07) is 6.11. The van der Waals surface area contributed by atoms with E-state index in [0.29, 0.717) is 18.5 Å². The Morgan fingerprint density at radius 3 is 2.95 bits per heavy atom. The predicted octanol–water partition coefficient (Wildman–Crippen LogP) is 2.67. The van der Waals surface area contributed by atoms with Gasteiger partial charge in [-0.2, -0.15) is 0 Å². The third kappa shape index (κ3) is 4.25. The van der Waals surface area contributed by atoms with E-state index >= 15 is 0 Å². The fourth-order valence-electron chi connectivity index (χ4n) is 2.80. The smallest absolute Gasteiger partial charge is 0.320 e. The second kappa shape index (κ2) is 7.52. The van der Waals surface area contributed by atoms with Gasteiger partial charge in [-0.05, 0) is 31.9 Å². The Labute approximate surface area is 124 Å². The molecule has 1 N–H and O–H groups in total. The molecule has 1 unspecified atom stereocenters. The Morgan fingerprint density at radius 1 is 1.52 bits per heavy atom. The third-order valence-corrected chi connectivity index (χ3v) is 3.95. The van der Waals surface area contributed by atoms with Crippen LogP contribution in [0.5, 0.6) is 0 Å². The Kier molecular flexibility index (Phi) is 5.70. The number of likely N-dealkylation sites (tertiary alicyclic amines) is 1. The number of nitrogens with zero attached hydrogens (tertiary/aromatic N) is 1. The molecule has 2 atom stereocenters. The second-order valence-corrected chi connectivity index (χ2v) is 5.42. The molecule has 0 saturated carbocycles. The highest BCUT2D eigenvalue weighted by molar-refractivity contribution is 5.73. The number of carboxylic acids is 1. The zero-order valence-corrected chi connectivity index (χ0v) is 12.3. The highest BCUT2D eigenvalue weighted by Crippen LogP contribution is 2.19. The van der Waals surface area contributed by atoms with Gasteiger partial charge in [0.15, 0.2) is 0 Å². The summed E-state index contributed by atoms with van der Waals surface area (Å²) in [5.41, 5.74) is 0.542. The van der Waals surface area contributed by atoms with Crippen molar-refractivity contribution in [2.75, 3.05) is 13.1 Å². The summed E-state index contributed by atoms with van der Waals surface area (Å²) < 4.78 is 19.3. The van der Waals surface area contributed by atoms with Gasteiger partial charge in [0.1, 0.15) is 11.9 Å². The monoisotopic (exact) mass is 295 g/mol. The number of hydrogen-bond acceptors (Lipinski definition) is 3. The minimum Gasteiger partial charge on any atom is -0.480 e. The molecule has 0 aliphatic carbocycles. The van der Waals surface area contributed by atoms with Gasteiger partial charge in [-0.1, -0.05) is 25.1 Å². The van der Waals surface area contributed by atoms with Crippen molar-refractivity contribution in [3.8, 4) is 0 Å². The molecule has 1 aliphatic heterocycles. The van der Waals surface area contributed by atoms with Crippen molar-refractivity contribution in [3.63, 3.8) is 0 Å². The van der Waals surface area contributed by atoms with Crippen LogP contribution in [0.15, 0.2) is 24.3 Å². The van der Waals surface area contributed by atoms with Crippen molar-refractivity contribution in [2.24, 2.45) is 0 Å². The van der Waals surface area contributed by atoms with Crippen molar-refractivity contribution in [1.29, 1.82) is 0 Å². The SMILES string of the molecule is CCC(C(=O)O)N1CCC[C@H](OCc2ccccc2F)C1. The fourth-order valence-corrected chi connectivity index (χ4v) is 2.80. The maximum absolute atomic E-state index is 13.5. The van der Waals surface area contributed by atoms with Crippen LogP contribution in [0.4, 0.5) is 4.39 Å². The lowest BCUT2D eigenvalue weighted by Gasteiger charge is -2.36. The average Bonchev–Trinajstić information content (AvgIpc) is 2.47. The van der Waals surface area contributed by atoms with Gasteiger partial charge in [0.05, 0.1) is 12.7 Å². The number of ether oxygens (including phenoxy) is 1. The molecule has 1 saturated heterocycles. The normalized spacial score (nSPS) is 21.1. The summed E-state index contributed by atoms with van der Waals surface area (Å²) in [5, 5.41) is 9.22. The largest absolute Gasteiger partial charge is 0.480 e. The first-order chi connectivity index (χ1) is 10.1. The van der Waals surface area contributed by atoms with E-state index in [1.165, 1.54) is 6.07 Å². The lowest BCUT2D eigenvalue weighted by atomic mass is 10.0. The van der Waals surface area contributed by atoms with Crippen LogP contribution in [0, 0.1) is 5.82 Å². The Hall–Kier alpha value is -1.46. The van der Waals surface area contributed by atoms with E-state index in [9.17, 15) is 14.3 Å². The zero-order valence-electron chi connectivity index (χ0n) is 12.3. The number of benzene rings is 1. The third-order valence-electron chi connectivity index (χ3n) is 3.95. The van der Waals surface area contributed by atoms with Gasteiger partial charge in [-0.15, -0.1) is 0 Å². The molecular formula is C16H22FNO3. The van der Waals surface area contributed by atoms with E-state index < -0.39 is 12.0 Å². The van der Waals surface area contributed by atoms with E-state index in [-0.39, 0.29) is 18.5 Å². The average molecular weight is 295 g/mol. The molecule has 21 heavy (non-hydrogen) atoms. The van der Waals surface area contributed by atoms with E-state index in [4.69, 9.17) is 4.74 Å². The van der Waals surface area contributed by atoms with Crippen molar-refractivity contribution >= 4 is 5.97 Å². The molecular weight excluding hydrogens is 273 g/mol. The molecule has 116 valence electrons. The summed E-state index contributed by atoms with van der Waals surface area (Å²) in [4.78, 5) is 13.2. The number of carbonyl (C=O) groups is 1. The highest BCUT2D eigenvalue weighted by Gasteiger charge is 2.29. The molecule has 0 radical (unpaired) electrons. The van der Waals surface area contributed by atoms with Crippen LogP contribution in [0.1, 0.15) is 31.7 Å². The van der Waals surface area contributed by atoms with Gasteiger partial charge in [0, 0.05) is 12.1 Å². The molecule has 1 aromatic carbocycles. The van der Waals surface area contributed by atoms with Crippen molar-refractivity contribution < 1.29 is 19.0 Å². The summed E-state index contributed by atoms with van der Waals surface area (Å²) in [6.07, 6.45) is 2.34. The minimum absolute atomic E-state index is 0.0354. The number of halogens is 1. The first-order valence-electron chi connectivity index (χ1n) is 7.43. The molecule has 1 aromatic rings. The van der Waals surface area contributed by atoms with E-state index in [2.05, 4.69) is 0 Å². The summed E-state index contributed by atoms with van der Waals surface area (Å²) in [5.74, 6) is -1.05. The molecule has 1 aliphatic rings. The Balaban J connectivity index is 1.89. The molecule has 2 rings (SSSR count). The summed E-state index contributed by atoms with van der Waals surface area (Å²) in [6.45, 7) is 3.49. The van der Waals surface area contributed by atoms with Crippen molar-refractivity contribution in [2.45, 2.75) is 44.9 Å². The predicted molar refractivity (Wildman–Crippen MR) is 77.5 cm³/mol. The quantitative estimate of drug-likeness (QED) is 0.876. The number of aliphatic carboxylic acids is 1. The van der Waals surface area contributed by atoms with Crippen LogP contribution in [-0.2, 0) is 16.1 Å². The molecule has 0 amide bonds.